The van der Waals surface area contributed by atoms with Gasteiger partial charge in [-0.25, -0.2) is 4.79 Å². The summed E-state index contributed by atoms with van der Waals surface area (Å²) in [6.07, 6.45) is 0.651. The molecule has 1 aromatic rings. The predicted molar refractivity (Wildman–Crippen MR) is 82.9 cm³/mol. The first kappa shape index (κ1) is 17.1. The highest BCUT2D eigenvalue weighted by Gasteiger charge is 2.34. The molecule has 0 spiro atoms. The Labute approximate surface area is 139 Å². The summed E-state index contributed by atoms with van der Waals surface area (Å²) in [5, 5.41) is 0.699. The maximum atomic E-state index is 12.5. The van der Waals surface area contributed by atoms with E-state index in [2.05, 4.69) is 0 Å². The van der Waals surface area contributed by atoms with Gasteiger partial charge in [-0.2, -0.15) is 0 Å². The lowest BCUT2D eigenvalue weighted by Crippen LogP contribution is -2.40. The lowest BCUT2D eigenvalue weighted by molar-refractivity contribution is -0.153. The van der Waals surface area contributed by atoms with E-state index >= 15 is 0 Å². The summed E-state index contributed by atoms with van der Waals surface area (Å²) in [4.78, 5) is 26.0. The largest absolute Gasteiger partial charge is 0.467 e. The number of carbonyl (C=O) groups is 2. The number of esters is 1. The van der Waals surface area contributed by atoms with Crippen molar-refractivity contribution in [3.63, 3.8) is 0 Å². The number of hydrogen-bond acceptors (Lipinski definition) is 4. The number of amides is 1. The second-order valence-corrected chi connectivity index (χ2v) is 5.92. The number of hydrogen-bond donors (Lipinski definition) is 0. The van der Waals surface area contributed by atoms with Crippen LogP contribution in [0.3, 0.4) is 0 Å². The van der Waals surface area contributed by atoms with Crippen LogP contribution in [0.4, 0.5) is 0 Å². The standard InChI is InChI=1S/C15H17Cl2NO4/c1-18(14(19)10-5-6-22-8-10)13(15(20)21-2)9-3-4-11(16)12(17)7-9/h3-4,7,10,13H,5-6,8H2,1-2H3/t10-,13-/m1/s1. The van der Waals surface area contributed by atoms with E-state index < -0.39 is 12.0 Å². The molecule has 1 saturated heterocycles. The Morgan fingerprint density at radius 3 is 2.64 bits per heavy atom. The van der Waals surface area contributed by atoms with E-state index in [0.29, 0.717) is 35.2 Å². The summed E-state index contributed by atoms with van der Waals surface area (Å²) >= 11 is 11.9. The second kappa shape index (κ2) is 7.31. The Balaban J connectivity index is 2.30. The Bertz CT molecular complexity index is 573. The average molecular weight is 346 g/mol. The average Bonchev–Trinajstić information content (AvgIpc) is 3.04. The molecule has 0 unspecified atom stereocenters. The van der Waals surface area contributed by atoms with Gasteiger partial charge in [0.15, 0.2) is 6.04 Å². The fourth-order valence-corrected chi connectivity index (χ4v) is 2.76. The summed E-state index contributed by atoms with van der Waals surface area (Å²) in [6.45, 7) is 0.929. The van der Waals surface area contributed by atoms with Crippen molar-refractivity contribution in [3.8, 4) is 0 Å². The van der Waals surface area contributed by atoms with E-state index in [1.807, 2.05) is 0 Å². The van der Waals surface area contributed by atoms with Gasteiger partial charge in [0, 0.05) is 13.7 Å². The molecule has 7 heteroatoms. The third kappa shape index (κ3) is 3.54. The number of nitrogens with zero attached hydrogens (tertiary/aromatic N) is 1. The van der Waals surface area contributed by atoms with Gasteiger partial charge in [0.05, 0.1) is 29.7 Å². The molecule has 120 valence electrons. The molecule has 0 saturated carbocycles. The summed E-state index contributed by atoms with van der Waals surface area (Å²) in [5.74, 6) is -0.924. The number of likely N-dealkylation sites (N-methyl/N-ethyl adjacent to an activating group) is 1. The fourth-order valence-electron chi connectivity index (χ4n) is 2.46. The van der Waals surface area contributed by atoms with Crippen LogP contribution in [-0.4, -0.2) is 44.1 Å². The van der Waals surface area contributed by atoms with Crippen molar-refractivity contribution in [2.24, 2.45) is 5.92 Å². The minimum atomic E-state index is -0.868. The highest BCUT2D eigenvalue weighted by molar-refractivity contribution is 6.42. The maximum Gasteiger partial charge on any atom is 0.333 e. The van der Waals surface area contributed by atoms with Crippen molar-refractivity contribution in [3.05, 3.63) is 33.8 Å². The Kier molecular flexibility index (Phi) is 5.67. The molecular formula is C15H17Cl2NO4. The van der Waals surface area contributed by atoms with E-state index in [0.717, 1.165) is 0 Å². The van der Waals surface area contributed by atoms with Crippen LogP contribution in [0.15, 0.2) is 18.2 Å². The molecule has 1 fully saturated rings. The van der Waals surface area contributed by atoms with Crippen molar-refractivity contribution < 1.29 is 19.1 Å². The monoisotopic (exact) mass is 345 g/mol. The third-order valence-electron chi connectivity index (χ3n) is 3.70. The Hall–Kier alpha value is -1.30. The van der Waals surface area contributed by atoms with Crippen molar-refractivity contribution in [2.45, 2.75) is 12.5 Å². The van der Waals surface area contributed by atoms with Gasteiger partial charge in [-0.15, -0.1) is 0 Å². The fraction of sp³-hybridized carbons (Fsp3) is 0.467. The van der Waals surface area contributed by atoms with Gasteiger partial charge < -0.3 is 14.4 Å². The molecule has 1 amide bonds. The van der Waals surface area contributed by atoms with E-state index in [-0.39, 0.29) is 11.8 Å². The summed E-state index contributed by atoms with van der Waals surface area (Å²) in [7, 11) is 2.86. The Morgan fingerprint density at radius 1 is 1.36 bits per heavy atom. The van der Waals surface area contributed by atoms with E-state index in [9.17, 15) is 9.59 Å². The van der Waals surface area contributed by atoms with Crippen LogP contribution in [0.2, 0.25) is 10.0 Å². The zero-order valence-electron chi connectivity index (χ0n) is 12.3. The van der Waals surface area contributed by atoms with Crippen molar-refractivity contribution in [1.29, 1.82) is 0 Å². The number of methoxy groups -OCH3 is 1. The molecule has 1 aromatic carbocycles. The first-order valence-corrected chi connectivity index (χ1v) is 7.58. The molecule has 1 aliphatic rings. The second-order valence-electron chi connectivity index (χ2n) is 5.11. The van der Waals surface area contributed by atoms with Crippen LogP contribution >= 0.6 is 23.2 Å². The lowest BCUT2D eigenvalue weighted by Gasteiger charge is -2.28. The minimum Gasteiger partial charge on any atom is -0.467 e. The first-order chi connectivity index (χ1) is 10.5. The van der Waals surface area contributed by atoms with Crippen molar-refractivity contribution in [2.75, 3.05) is 27.4 Å². The number of carbonyl (C=O) groups excluding carboxylic acids is 2. The Morgan fingerprint density at radius 2 is 2.09 bits per heavy atom. The molecule has 0 bridgehead atoms. The smallest absolute Gasteiger partial charge is 0.333 e. The van der Waals surface area contributed by atoms with Gasteiger partial charge in [0.2, 0.25) is 5.91 Å². The normalized spacial score (nSPS) is 18.8. The molecule has 0 radical (unpaired) electrons. The zero-order valence-corrected chi connectivity index (χ0v) is 13.9. The van der Waals surface area contributed by atoms with E-state index in [1.165, 1.54) is 12.0 Å². The zero-order chi connectivity index (χ0) is 16.3. The van der Waals surface area contributed by atoms with Gasteiger partial charge in [-0.3, -0.25) is 4.79 Å². The minimum absolute atomic E-state index is 0.154. The van der Waals surface area contributed by atoms with Crippen LogP contribution in [0.25, 0.3) is 0 Å². The molecule has 2 rings (SSSR count). The number of ether oxygens (including phenoxy) is 2. The molecule has 22 heavy (non-hydrogen) atoms. The number of benzene rings is 1. The molecule has 1 heterocycles. The molecule has 1 aliphatic heterocycles. The summed E-state index contributed by atoms with van der Waals surface area (Å²) in [6, 6.07) is 3.95. The van der Waals surface area contributed by atoms with Crippen molar-refractivity contribution >= 4 is 35.1 Å². The van der Waals surface area contributed by atoms with Crippen LogP contribution in [-0.2, 0) is 19.1 Å². The molecule has 0 aliphatic carbocycles. The van der Waals surface area contributed by atoms with Crippen LogP contribution in [0.5, 0.6) is 0 Å². The van der Waals surface area contributed by atoms with E-state index in [4.69, 9.17) is 32.7 Å². The highest BCUT2D eigenvalue weighted by Crippen LogP contribution is 2.30. The van der Waals surface area contributed by atoms with Gasteiger partial charge in [-0.05, 0) is 24.1 Å². The van der Waals surface area contributed by atoms with Gasteiger partial charge in [0.1, 0.15) is 0 Å². The van der Waals surface area contributed by atoms with E-state index in [1.54, 1.807) is 25.2 Å². The van der Waals surface area contributed by atoms with Crippen LogP contribution in [0, 0.1) is 5.92 Å². The summed E-state index contributed by atoms with van der Waals surface area (Å²) in [5.41, 5.74) is 0.552. The maximum absolute atomic E-state index is 12.5. The van der Waals surface area contributed by atoms with Gasteiger partial charge in [-0.1, -0.05) is 29.3 Å². The number of rotatable bonds is 4. The van der Waals surface area contributed by atoms with Gasteiger partial charge in [0.25, 0.3) is 0 Å². The highest BCUT2D eigenvalue weighted by atomic mass is 35.5. The predicted octanol–water partition coefficient (Wildman–Crippen LogP) is 2.70. The molecule has 5 nitrogen and oxygen atoms in total. The molecule has 2 atom stereocenters. The SMILES string of the molecule is COC(=O)[C@@H](c1ccc(Cl)c(Cl)c1)N(C)C(=O)[C@@H]1CCOC1. The molecular weight excluding hydrogens is 329 g/mol. The van der Waals surface area contributed by atoms with Gasteiger partial charge >= 0.3 is 5.97 Å². The first-order valence-electron chi connectivity index (χ1n) is 6.83. The third-order valence-corrected chi connectivity index (χ3v) is 4.44. The van der Waals surface area contributed by atoms with Crippen molar-refractivity contribution in [1.82, 2.24) is 4.90 Å². The summed E-state index contributed by atoms with van der Waals surface area (Å²) < 4.78 is 10.1. The topological polar surface area (TPSA) is 55.8 Å². The van der Waals surface area contributed by atoms with Crippen LogP contribution in [0.1, 0.15) is 18.0 Å². The number of halogens is 2. The molecule has 0 N–H and O–H groups in total. The van der Waals surface area contributed by atoms with Crippen LogP contribution < -0.4 is 0 Å². The lowest BCUT2D eigenvalue weighted by atomic mass is 10.0. The quantitative estimate of drug-likeness (QED) is 0.787. The molecule has 0 aromatic heterocycles.